The summed E-state index contributed by atoms with van der Waals surface area (Å²) < 4.78 is 10.9. The Morgan fingerprint density at radius 2 is 1.65 bits per heavy atom. The molecule has 4 heteroatoms. The van der Waals surface area contributed by atoms with Crippen molar-refractivity contribution in [1.29, 1.82) is 0 Å². The van der Waals surface area contributed by atoms with Crippen LogP contribution >= 0.6 is 0 Å². The Labute approximate surface area is 139 Å². The van der Waals surface area contributed by atoms with Crippen LogP contribution in [0.4, 0.5) is 0 Å². The highest BCUT2D eigenvalue weighted by molar-refractivity contribution is 5.72. The van der Waals surface area contributed by atoms with Gasteiger partial charge in [-0.05, 0) is 18.6 Å². The fraction of sp³-hybridized carbons (Fsp3) is 0.632. The van der Waals surface area contributed by atoms with Crippen molar-refractivity contribution in [2.24, 2.45) is 0 Å². The first-order valence-electron chi connectivity index (χ1n) is 8.76. The van der Waals surface area contributed by atoms with Crippen molar-refractivity contribution in [3.63, 3.8) is 0 Å². The average molecular weight is 322 g/mol. The lowest BCUT2D eigenvalue weighted by Gasteiger charge is -2.14. The standard InChI is InChI=1S/C19H30O4/c1-2-3-4-5-6-7-11-14-18(19(20)21)23-16-15-22-17-12-9-8-10-13-17/h8-10,12-13,18H,2-7,11,14-16H2,1H3,(H,20,21). The van der Waals surface area contributed by atoms with Crippen LogP contribution in [0.25, 0.3) is 0 Å². The van der Waals surface area contributed by atoms with E-state index in [4.69, 9.17) is 9.47 Å². The molecule has 4 nitrogen and oxygen atoms in total. The number of hydrogen-bond donors (Lipinski definition) is 1. The predicted molar refractivity (Wildman–Crippen MR) is 91.9 cm³/mol. The number of hydrogen-bond acceptors (Lipinski definition) is 3. The molecule has 0 amide bonds. The highest BCUT2D eigenvalue weighted by atomic mass is 16.5. The van der Waals surface area contributed by atoms with Crippen molar-refractivity contribution in [1.82, 2.24) is 0 Å². The summed E-state index contributed by atoms with van der Waals surface area (Å²) in [5.74, 6) is -0.106. The second kappa shape index (κ2) is 12.9. The summed E-state index contributed by atoms with van der Waals surface area (Å²) >= 11 is 0. The van der Waals surface area contributed by atoms with Crippen LogP contribution in [0.5, 0.6) is 5.75 Å². The molecule has 0 saturated heterocycles. The molecule has 0 bridgehead atoms. The van der Waals surface area contributed by atoms with Crippen molar-refractivity contribution in [2.75, 3.05) is 13.2 Å². The molecule has 0 aliphatic rings. The molecule has 0 aliphatic carbocycles. The van der Waals surface area contributed by atoms with E-state index in [0.29, 0.717) is 19.6 Å². The Morgan fingerprint density at radius 1 is 1.00 bits per heavy atom. The quantitative estimate of drug-likeness (QED) is 0.505. The maximum Gasteiger partial charge on any atom is 0.332 e. The zero-order valence-electron chi connectivity index (χ0n) is 14.2. The summed E-state index contributed by atoms with van der Waals surface area (Å²) in [4.78, 5) is 11.2. The maximum atomic E-state index is 11.2. The van der Waals surface area contributed by atoms with Crippen LogP contribution < -0.4 is 4.74 Å². The molecule has 0 aromatic heterocycles. The van der Waals surface area contributed by atoms with Crippen molar-refractivity contribution in [3.05, 3.63) is 30.3 Å². The predicted octanol–water partition coefficient (Wildman–Crippen LogP) is 4.68. The molecule has 0 heterocycles. The highest BCUT2D eigenvalue weighted by Gasteiger charge is 2.17. The molecule has 1 atom stereocenters. The van der Waals surface area contributed by atoms with E-state index in [0.717, 1.165) is 18.6 Å². The van der Waals surface area contributed by atoms with E-state index in [1.165, 1.54) is 32.1 Å². The number of aliphatic carboxylic acids is 1. The second-order valence-corrected chi connectivity index (χ2v) is 5.77. The van der Waals surface area contributed by atoms with Gasteiger partial charge in [-0.25, -0.2) is 4.79 Å². The van der Waals surface area contributed by atoms with Crippen LogP contribution in [0, 0.1) is 0 Å². The number of carboxylic acids is 1. The van der Waals surface area contributed by atoms with Crippen LogP contribution in [0.3, 0.4) is 0 Å². The summed E-state index contributed by atoms with van der Waals surface area (Å²) in [6.07, 6.45) is 8.11. The zero-order chi connectivity index (χ0) is 16.8. The number of unbranched alkanes of at least 4 members (excludes halogenated alkanes) is 6. The highest BCUT2D eigenvalue weighted by Crippen LogP contribution is 2.12. The van der Waals surface area contributed by atoms with Gasteiger partial charge in [-0.1, -0.05) is 70.1 Å². The van der Waals surface area contributed by atoms with E-state index >= 15 is 0 Å². The van der Waals surface area contributed by atoms with Crippen molar-refractivity contribution < 1.29 is 19.4 Å². The van der Waals surface area contributed by atoms with E-state index in [1.54, 1.807) is 0 Å². The fourth-order valence-corrected chi connectivity index (χ4v) is 2.43. The lowest BCUT2D eigenvalue weighted by Crippen LogP contribution is -2.26. The summed E-state index contributed by atoms with van der Waals surface area (Å²) in [6, 6.07) is 9.46. The van der Waals surface area contributed by atoms with Crippen molar-refractivity contribution >= 4 is 5.97 Å². The topological polar surface area (TPSA) is 55.8 Å². The van der Waals surface area contributed by atoms with Gasteiger partial charge >= 0.3 is 5.97 Å². The molecule has 0 aliphatic heterocycles. The maximum absolute atomic E-state index is 11.2. The Bertz CT molecular complexity index is 405. The van der Waals surface area contributed by atoms with Gasteiger partial charge in [0.25, 0.3) is 0 Å². The van der Waals surface area contributed by atoms with Gasteiger partial charge in [-0.15, -0.1) is 0 Å². The molecule has 23 heavy (non-hydrogen) atoms. The van der Waals surface area contributed by atoms with Gasteiger partial charge in [0.15, 0.2) is 6.10 Å². The van der Waals surface area contributed by atoms with Gasteiger partial charge in [0.2, 0.25) is 0 Å². The van der Waals surface area contributed by atoms with E-state index in [9.17, 15) is 9.90 Å². The number of ether oxygens (including phenoxy) is 2. The molecule has 0 spiro atoms. The normalized spacial score (nSPS) is 12.0. The molecule has 0 radical (unpaired) electrons. The number of benzene rings is 1. The van der Waals surface area contributed by atoms with Gasteiger partial charge in [0.05, 0.1) is 6.61 Å². The molecule has 0 fully saturated rings. The van der Waals surface area contributed by atoms with Crippen LogP contribution in [-0.4, -0.2) is 30.4 Å². The Kier molecular flexibility index (Phi) is 11.0. The first kappa shape index (κ1) is 19.5. The van der Waals surface area contributed by atoms with E-state index in [1.807, 2.05) is 30.3 Å². The van der Waals surface area contributed by atoms with Gasteiger partial charge in [-0.2, -0.15) is 0 Å². The summed E-state index contributed by atoms with van der Waals surface area (Å²) in [7, 11) is 0. The van der Waals surface area contributed by atoms with E-state index < -0.39 is 12.1 Å². The molecule has 1 aromatic rings. The molecule has 0 saturated carbocycles. The largest absolute Gasteiger partial charge is 0.491 e. The first-order chi connectivity index (χ1) is 11.2. The summed E-state index contributed by atoms with van der Waals surface area (Å²) in [5, 5.41) is 9.20. The SMILES string of the molecule is CCCCCCCCCC(OCCOc1ccccc1)C(=O)O. The molecular formula is C19H30O4. The van der Waals surface area contributed by atoms with Crippen LogP contribution in [-0.2, 0) is 9.53 Å². The Hall–Kier alpha value is -1.55. The van der Waals surface area contributed by atoms with Crippen molar-refractivity contribution in [3.8, 4) is 5.75 Å². The fourth-order valence-electron chi connectivity index (χ4n) is 2.43. The van der Waals surface area contributed by atoms with Crippen LogP contribution in [0.2, 0.25) is 0 Å². The van der Waals surface area contributed by atoms with Crippen LogP contribution in [0.1, 0.15) is 58.3 Å². The zero-order valence-corrected chi connectivity index (χ0v) is 14.2. The summed E-state index contributed by atoms with van der Waals surface area (Å²) in [6.45, 7) is 2.86. The van der Waals surface area contributed by atoms with Gasteiger partial charge in [0.1, 0.15) is 12.4 Å². The van der Waals surface area contributed by atoms with Gasteiger partial charge in [0, 0.05) is 0 Å². The third-order valence-electron chi connectivity index (χ3n) is 3.76. The van der Waals surface area contributed by atoms with Crippen LogP contribution in [0.15, 0.2) is 30.3 Å². The lowest BCUT2D eigenvalue weighted by atomic mass is 10.1. The van der Waals surface area contributed by atoms with E-state index in [2.05, 4.69) is 6.92 Å². The average Bonchev–Trinajstić information content (AvgIpc) is 2.56. The molecule has 130 valence electrons. The molecule has 1 N–H and O–H groups in total. The van der Waals surface area contributed by atoms with Gasteiger partial charge < -0.3 is 14.6 Å². The number of carboxylic acid groups (broad SMARTS) is 1. The monoisotopic (exact) mass is 322 g/mol. The van der Waals surface area contributed by atoms with E-state index in [-0.39, 0.29) is 0 Å². The lowest BCUT2D eigenvalue weighted by molar-refractivity contribution is -0.151. The number of carbonyl (C=O) groups is 1. The van der Waals surface area contributed by atoms with Gasteiger partial charge in [-0.3, -0.25) is 0 Å². The minimum absolute atomic E-state index is 0.294. The number of para-hydroxylation sites is 1. The smallest absolute Gasteiger partial charge is 0.332 e. The summed E-state index contributed by atoms with van der Waals surface area (Å²) in [5.41, 5.74) is 0. The first-order valence-corrected chi connectivity index (χ1v) is 8.76. The molecule has 1 aromatic carbocycles. The number of rotatable bonds is 14. The Balaban J connectivity index is 2.08. The molecule has 1 rings (SSSR count). The third-order valence-corrected chi connectivity index (χ3v) is 3.76. The molecule has 1 unspecified atom stereocenters. The minimum Gasteiger partial charge on any atom is -0.491 e. The minimum atomic E-state index is -0.879. The van der Waals surface area contributed by atoms with Crippen molar-refractivity contribution in [2.45, 2.75) is 64.4 Å². The third kappa shape index (κ3) is 9.95. The second-order valence-electron chi connectivity index (χ2n) is 5.77. The Morgan fingerprint density at radius 3 is 2.30 bits per heavy atom. The molecular weight excluding hydrogens is 292 g/mol.